The van der Waals surface area contributed by atoms with E-state index in [2.05, 4.69) is 26.2 Å². The molecule has 2 atom stereocenters. The molecule has 4 heteroatoms. The molecular weight excluding hydrogens is 268 g/mol. The summed E-state index contributed by atoms with van der Waals surface area (Å²) >= 11 is 3.45. The van der Waals surface area contributed by atoms with Crippen molar-refractivity contribution in [1.29, 1.82) is 0 Å². The highest BCUT2D eigenvalue weighted by atomic mass is 79.9. The molecule has 0 spiro atoms. The van der Waals surface area contributed by atoms with Crippen molar-refractivity contribution in [2.24, 2.45) is 5.92 Å². The summed E-state index contributed by atoms with van der Waals surface area (Å²) in [7, 11) is 0. The molecule has 1 aliphatic rings. The van der Waals surface area contributed by atoms with E-state index in [1.165, 1.54) is 6.42 Å². The Morgan fingerprint density at radius 2 is 2.25 bits per heavy atom. The average molecular weight is 285 g/mol. The SMILES string of the molecule is OC1CCCCC1CNc1ncccc1Br. The van der Waals surface area contributed by atoms with Gasteiger partial charge >= 0.3 is 0 Å². The number of hydrogen-bond donors (Lipinski definition) is 2. The maximum absolute atomic E-state index is 9.84. The molecule has 0 aliphatic heterocycles. The van der Waals surface area contributed by atoms with E-state index in [0.29, 0.717) is 5.92 Å². The topological polar surface area (TPSA) is 45.1 Å². The number of nitrogens with zero attached hydrogens (tertiary/aromatic N) is 1. The first-order chi connectivity index (χ1) is 7.77. The second kappa shape index (κ2) is 5.64. The smallest absolute Gasteiger partial charge is 0.140 e. The van der Waals surface area contributed by atoms with E-state index in [9.17, 15) is 5.11 Å². The Kier molecular flexibility index (Phi) is 4.18. The van der Waals surface area contributed by atoms with Crippen molar-refractivity contribution in [3.8, 4) is 0 Å². The lowest BCUT2D eigenvalue weighted by molar-refractivity contribution is 0.0763. The molecule has 1 aromatic heterocycles. The fraction of sp³-hybridized carbons (Fsp3) is 0.583. The Hall–Kier alpha value is -0.610. The Morgan fingerprint density at radius 1 is 1.44 bits per heavy atom. The highest BCUT2D eigenvalue weighted by Crippen LogP contribution is 2.25. The van der Waals surface area contributed by atoms with Gasteiger partial charge in [0.15, 0.2) is 0 Å². The summed E-state index contributed by atoms with van der Waals surface area (Å²) in [4.78, 5) is 4.25. The van der Waals surface area contributed by atoms with Gasteiger partial charge in [0.2, 0.25) is 0 Å². The lowest BCUT2D eigenvalue weighted by Crippen LogP contribution is -2.30. The first kappa shape index (κ1) is 11.9. The number of aliphatic hydroxyl groups is 1. The minimum absolute atomic E-state index is 0.149. The number of nitrogens with one attached hydrogen (secondary N) is 1. The molecule has 2 N–H and O–H groups in total. The largest absolute Gasteiger partial charge is 0.393 e. The zero-order chi connectivity index (χ0) is 11.4. The summed E-state index contributed by atoms with van der Waals surface area (Å²) in [6, 6.07) is 3.86. The summed E-state index contributed by atoms with van der Waals surface area (Å²) in [6.07, 6.45) is 6.06. The standard InChI is InChI=1S/C12H17BrN2O/c13-10-5-3-7-14-12(10)15-8-9-4-1-2-6-11(9)16/h3,5,7,9,11,16H,1-2,4,6,8H2,(H,14,15). The normalized spacial score (nSPS) is 25.4. The number of pyridine rings is 1. The predicted octanol–water partition coefficient (Wildman–Crippen LogP) is 2.81. The molecule has 0 amide bonds. The van der Waals surface area contributed by atoms with Crippen LogP contribution in [0.15, 0.2) is 22.8 Å². The molecular formula is C12H17BrN2O. The minimum atomic E-state index is -0.149. The minimum Gasteiger partial charge on any atom is -0.393 e. The van der Waals surface area contributed by atoms with Crippen LogP contribution in [0.1, 0.15) is 25.7 Å². The number of aliphatic hydroxyl groups excluding tert-OH is 1. The number of hydrogen-bond acceptors (Lipinski definition) is 3. The van der Waals surface area contributed by atoms with Crippen LogP contribution in [-0.2, 0) is 0 Å². The van der Waals surface area contributed by atoms with Gasteiger partial charge in [-0.05, 0) is 40.9 Å². The zero-order valence-corrected chi connectivity index (χ0v) is 10.8. The molecule has 16 heavy (non-hydrogen) atoms. The van der Waals surface area contributed by atoms with E-state index in [0.717, 1.165) is 36.1 Å². The lowest BCUT2D eigenvalue weighted by atomic mass is 9.86. The molecule has 1 aliphatic carbocycles. The zero-order valence-electron chi connectivity index (χ0n) is 9.19. The Morgan fingerprint density at radius 3 is 3.00 bits per heavy atom. The van der Waals surface area contributed by atoms with Crippen LogP contribution in [0, 0.1) is 5.92 Å². The van der Waals surface area contributed by atoms with Crippen LogP contribution in [0.2, 0.25) is 0 Å². The van der Waals surface area contributed by atoms with E-state index in [4.69, 9.17) is 0 Å². The third-order valence-corrected chi connectivity index (χ3v) is 3.80. The number of aromatic nitrogens is 1. The van der Waals surface area contributed by atoms with Gasteiger partial charge in [0.25, 0.3) is 0 Å². The molecule has 0 saturated heterocycles. The van der Waals surface area contributed by atoms with E-state index in [1.54, 1.807) is 6.20 Å². The highest BCUT2D eigenvalue weighted by Gasteiger charge is 2.22. The van der Waals surface area contributed by atoms with Crippen LogP contribution in [0.4, 0.5) is 5.82 Å². The molecule has 88 valence electrons. The molecule has 2 rings (SSSR count). The number of anilines is 1. The molecule has 0 bridgehead atoms. The summed E-state index contributed by atoms with van der Waals surface area (Å²) in [5, 5.41) is 13.1. The van der Waals surface area contributed by atoms with Crippen molar-refractivity contribution >= 4 is 21.7 Å². The summed E-state index contributed by atoms with van der Waals surface area (Å²) < 4.78 is 0.972. The van der Waals surface area contributed by atoms with Gasteiger partial charge in [-0.25, -0.2) is 4.98 Å². The van der Waals surface area contributed by atoms with E-state index in [-0.39, 0.29) is 6.10 Å². The van der Waals surface area contributed by atoms with E-state index >= 15 is 0 Å². The number of rotatable bonds is 3. The molecule has 1 fully saturated rings. The van der Waals surface area contributed by atoms with Crippen LogP contribution in [-0.4, -0.2) is 22.7 Å². The van der Waals surface area contributed by atoms with Gasteiger partial charge in [0.1, 0.15) is 5.82 Å². The summed E-state index contributed by atoms with van der Waals surface area (Å²) in [5.74, 6) is 1.22. The predicted molar refractivity (Wildman–Crippen MR) is 68.4 cm³/mol. The van der Waals surface area contributed by atoms with Gasteiger partial charge in [-0.2, -0.15) is 0 Å². The first-order valence-electron chi connectivity index (χ1n) is 5.80. The molecule has 1 heterocycles. The van der Waals surface area contributed by atoms with Gasteiger partial charge in [0.05, 0.1) is 10.6 Å². The Labute approximate surface area is 104 Å². The number of halogens is 1. The van der Waals surface area contributed by atoms with E-state index in [1.807, 2.05) is 12.1 Å². The molecule has 0 aromatic carbocycles. The van der Waals surface area contributed by atoms with Crippen molar-refractivity contribution in [1.82, 2.24) is 4.98 Å². The van der Waals surface area contributed by atoms with E-state index < -0.39 is 0 Å². The van der Waals surface area contributed by atoms with Gasteiger partial charge in [-0.15, -0.1) is 0 Å². The van der Waals surface area contributed by atoms with Gasteiger partial charge in [-0.3, -0.25) is 0 Å². The van der Waals surface area contributed by atoms with Gasteiger partial charge in [-0.1, -0.05) is 12.8 Å². The van der Waals surface area contributed by atoms with Crippen LogP contribution >= 0.6 is 15.9 Å². The van der Waals surface area contributed by atoms with Crippen LogP contribution in [0.5, 0.6) is 0 Å². The molecule has 1 saturated carbocycles. The maximum Gasteiger partial charge on any atom is 0.140 e. The fourth-order valence-electron chi connectivity index (χ4n) is 2.17. The van der Waals surface area contributed by atoms with Crippen molar-refractivity contribution in [3.63, 3.8) is 0 Å². The monoisotopic (exact) mass is 284 g/mol. The van der Waals surface area contributed by atoms with Gasteiger partial charge < -0.3 is 10.4 Å². The van der Waals surface area contributed by atoms with Crippen LogP contribution < -0.4 is 5.32 Å². The summed E-state index contributed by atoms with van der Waals surface area (Å²) in [5.41, 5.74) is 0. The Balaban J connectivity index is 1.89. The molecule has 1 aromatic rings. The lowest BCUT2D eigenvalue weighted by Gasteiger charge is -2.27. The van der Waals surface area contributed by atoms with Crippen molar-refractivity contribution < 1.29 is 5.11 Å². The van der Waals surface area contributed by atoms with Crippen LogP contribution in [0.3, 0.4) is 0 Å². The summed E-state index contributed by atoms with van der Waals surface area (Å²) in [6.45, 7) is 0.802. The molecule has 0 radical (unpaired) electrons. The molecule has 3 nitrogen and oxygen atoms in total. The third kappa shape index (κ3) is 2.95. The van der Waals surface area contributed by atoms with Gasteiger partial charge in [0, 0.05) is 18.7 Å². The second-order valence-electron chi connectivity index (χ2n) is 4.33. The average Bonchev–Trinajstić information content (AvgIpc) is 2.30. The third-order valence-electron chi connectivity index (χ3n) is 3.16. The van der Waals surface area contributed by atoms with Crippen molar-refractivity contribution in [2.75, 3.05) is 11.9 Å². The fourth-order valence-corrected chi connectivity index (χ4v) is 2.56. The first-order valence-corrected chi connectivity index (χ1v) is 6.59. The Bertz CT molecular complexity index is 346. The highest BCUT2D eigenvalue weighted by molar-refractivity contribution is 9.10. The van der Waals surface area contributed by atoms with Crippen molar-refractivity contribution in [3.05, 3.63) is 22.8 Å². The quantitative estimate of drug-likeness (QED) is 0.897. The second-order valence-corrected chi connectivity index (χ2v) is 5.18. The molecule has 2 unspecified atom stereocenters. The van der Waals surface area contributed by atoms with Crippen LogP contribution in [0.25, 0.3) is 0 Å². The maximum atomic E-state index is 9.84. The van der Waals surface area contributed by atoms with Crippen molar-refractivity contribution in [2.45, 2.75) is 31.8 Å².